The largest absolute Gasteiger partial charge is 0.343 e. The fourth-order valence-electron chi connectivity index (χ4n) is 1.57. The first-order valence-electron chi connectivity index (χ1n) is 6.25. The van der Waals surface area contributed by atoms with E-state index in [0.29, 0.717) is 6.42 Å². The van der Waals surface area contributed by atoms with Gasteiger partial charge in [0.25, 0.3) is 0 Å². The normalized spacial score (nSPS) is 10.8. The molecule has 4 nitrogen and oxygen atoms in total. The number of nitrogens with zero attached hydrogens (tertiary/aromatic N) is 2. The van der Waals surface area contributed by atoms with Crippen molar-refractivity contribution >= 4 is 5.91 Å². The van der Waals surface area contributed by atoms with E-state index >= 15 is 0 Å². The van der Waals surface area contributed by atoms with Crippen LogP contribution in [-0.2, 0) is 4.79 Å². The van der Waals surface area contributed by atoms with Crippen molar-refractivity contribution in [1.82, 2.24) is 15.1 Å². The highest BCUT2D eigenvalue weighted by Gasteiger charge is 2.10. The smallest absolute Gasteiger partial charge is 0.223 e. The summed E-state index contributed by atoms with van der Waals surface area (Å²) in [6.45, 7) is 8.55. The van der Waals surface area contributed by atoms with Gasteiger partial charge in [-0.05, 0) is 40.5 Å². The summed E-state index contributed by atoms with van der Waals surface area (Å²) in [6, 6.07) is 0. The number of carbonyl (C=O) groups excluding carboxylic acids is 1. The molecule has 4 heteroatoms. The predicted octanol–water partition coefficient (Wildman–Crippen LogP) is 0.786. The summed E-state index contributed by atoms with van der Waals surface area (Å²) in [4.78, 5) is 15.9. The number of amides is 1. The molecule has 0 aromatic carbocycles. The maximum Gasteiger partial charge on any atom is 0.223 e. The molecule has 0 atom stereocenters. The van der Waals surface area contributed by atoms with Crippen molar-refractivity contribution in [1.29, 1.82) is 0 Å². The summed E-state index contributed by atoms with van der Waals surface area (Å²) >= 11 is 0. The second kappa shape index (κ2) is 9.60. The summed E-state index contributed by atoms with van der Waals surface area (Å²) in [6.07, 6.45) is 1.66. The molecular formula is C12H27N3O. The van der Waals surface area contributed by atoms with E-state index in [4.69, 9.17) is 0 Å². The van der Waals surface area contributed by atoms with Crippen molar-refractivity contribution < 1.29 is 4.79 Å². The fraction of sp³-hybridized carbons (Fsp3) is 0.917. The van der Waals surface area contributed by atoms with Crippen LogP contribution in [0.3, 0.4) is 0 Å². The number of hydrogen-bond donors (Lipinski definition) is 1. The van der Waals surface area contributed by atoms with Gasteiger partial charge in [-0.25, -0.2) is 0 Å². The summed E-state index contributed by atoms with van der Waals surface area (Å²) < 4.78 is 0. The van der Waals surface area contributed by atoms with Crippen molar-refractivity contribution in [3.05, 3.63) is 0 Å². The predicted molar refractivity (Wildman–Crippen MR) is 68.6 cm³/mol. The zero-order valence-corrected chi connectivity index (χ0v) is 11.3. The lowest BCUT2D eigenvalue weighted by Crippen LogP contribution is -2.35. The monoisotopic (exact) mass is 229 g/mol. The molecule has 0 saturated heterocycles. The van der Waals surface area contributed by atoms with E-state index in [1.165, 1.54) is 0 Å². The van der Waals surface area contributed by atoms with Gasteiger partial charge in [0.15, 0.2) is 0 Å². The van der Waals surface area contributed by atoms with Crippen molar-refractivity contribution in [3.63, 3.8) is 0 Å². The van der Waals surface area contributed by atoms with E-state index in [1.54, 1.807) is 0 Å². The zero-order chi connectivity index (χ0) is 12.4. The maximum atomic E-state index is 11.8. The molecule has 0 heterocycles. The first kappa shape index (κ1) is 15.4. The molecule has 1 N–H and O–H groups in total. The van der Waals surface area contributed by atoms with Crippen molar-refractivity contribution in [2.45, 2.75) is 26.7 Å². The highest BCUT2D eigenvalue weighted by Crippen LogP contribution is 1.96. The van der Waals surface area contributed by atoms with Crippen LogP contribution in [0.25, 0.3) is 0 Å². The third kappa shape index (κ3) is 7.65. The molecule has 0 bridgehead atoms. The third-order valence-corrected chi connectivity index (χ3v) is 2.53. The average molecular weight is 229 g/mol. The SMILES string of the molecule is CCNCCC(=O)N(CC)CCCN(C)C. The average Bonchev–Trinajstić information content (AvgIpc) is 2.24. The maximum absolute atomic E-state index is 11.8. The molecule has 0 aliphatic heterocycles. The van der Waals surface area contributed by atoms with Gasteiger partial charge in [0.2, 0.25) is 5.91 Å². The lowest BCUT2D eigenvalue weighted by Gasteiger charge is -2.22. The second-order valence-electron chi connectivity index (χ2n) is 4.23. The molecule has 0 spiro atoms. The van der Waals surface area contributed by atoms with Crippen LogP contribution in [0, 0.1) is 0 Å². The summed E-state index contributed by atoms with van der Waals surface area (Å²) in [5, 5.41) is 3.18. The van der Waals surface area contributed by atoms with Crippen molar-refractivity contribution in [2.75, 3.05) is 46.8 Å². The molecule has 0 radical (unpaired) electrons. The highest BCUT2D eigenvalue weighted by molar-refractivity contribution is 5.76. The van der Waals surface area contributed by atoms with Crippen LogP contribution in [0.15, 0.2) is 0 Å². The Bertz CT molecular complexity index is 183. The van der Waals surface area contributed by atoms with Crippen LogP contribution >= 0.6 is 0 Å². The van der Waals surface area contributed by atoms with Gasteiger partial charge in [-0.15, -0.1) is 0 Å². The quantitative estimate of drug-likeness (QED) is 0.594. The van der Waals surface area contributed by atoms with Gasteiger partial charge >= 0.3 is 0 Å². The topological polar surface area (TPSA) is 35.6 Å². The van der Waals surface area contributed by atoms with Gasteiger partial charge in [-0.1, -0.05) is 6.92 Å². The van der Waals surface area contributed by atoms with E-state index in [0.717, 1.165) is 39.1 Å². The molecule has 0 rings (SSSR count). The molecule has 0 saturated carbocycles. The fourth-order valence-corrected chi connectivity index (χ4v) is 1.57. The summed E-state index contributed by atoms with van der Waals surface area (Å²) in [5.74, 6) is 0.266. The minimum absolute atomic E-state index is 0.266. The van der Waals surface area contributed by atoms with Gasteiger partial charge in [0.1, 0.15) is 0 Å². The van der Waals surface area contributed by atoms with Crippen molar-refractivity contribution in [2.24, 2.45) is 0 Å². The molecular weight excluding hydrogens is 202 g/mol. The van der Waals surface area contributed by atoms with Crippen LogP contribution < -0.4 is 5.32 Å². The molecule has 0 fully saturated rings. The Kier molecular flexibility index (Phi) is 9.24. The molecule has 0 aliphatic rings. The molecule has 0 aliphatic carbocycles. The Hall–Kier alpha value is -0.610. The van der Waals surface area contributed by atoms with Gasteiger partial charge in [-0.3, -0.25) is 4.79 Å². The molecule has 0 unspecified atom stereocenters. The van der Waals surface area contributed by atoms with Crippen molar-refractivity contribution in [3.8, 4) is 0 Å². The van der Waals surface area contributed by atoms with Crippen LogP contribution in [0.1, 0.15) is 26.7 Å². The van der Waals surface area contributed by atoms with Crippen LogP contribution in [0.5, 0.6) is 0 Å². The first-order chi connectivity index (χ1) is 7.61. The van der Waals surface area contributed by atoms with Crippen LogP contribution in [0.4, 0.5) is 0 Å². The molecule has 1 amide bonds. The van der Waals surface area contributed by atoms with Crippen LogP contribution in [0.2, 0.25) is 0 Å². The number of hydrogen-bond acceptors (Lipinski definition) is 3. The Labute approximate surface area is 100.0 Å². The van der Waals surface area contributed by atoms with Gasteiger partial charge in [0, 0.05) is 26.1 Å². The van der Waals surface area contributed by atoms with E-state index in [2.05, 4.69) is 31.2 Å². The summed E-state index contributed by atoms with van der Waals surface area (Å²) in [5.41, 5.74) is 0. The second-order valence-corrected chi connectivity index (χ2v) is 4.23. The van der Waals surface area contributed by atoms with E-state index in [1.807, 2.05) is 11.8 Å². The molecule has 16 heavy (non-hydrogen) atoms. The van der Waals surface area contributed by atoms with E-state index in [-0.39, 0.29) is 5.91 Å². The van der Waals surface area contributed by atoms with Gasteiger partial charge in [0.05, 0.1) is 0 Å². The van der Waals surface area contributed by atoms with Crippen LogP contribution in [-0.4, -0.2) is 62.5 Å². The van der Waals surface area contributed by atoms with E-state index in [9.17, 15) is 4.79 Å². The minimum atomic E-state index is 0.266. The molecule has 96 valence electrons. The Morgan fingerprint density at radius 1 is 1.19 bits per heavy atom. The number of carbonyl (C=O) groups is 1. The number of rotatable bonds is 9. The Morgan fingerprint density at radius 2 is 1.88 bits per heavy atom. The van der Waals surface area contributed by atoms with Gasteiger partial charge in [-0.2, -0.15) is 0 Å². The highest BCUT2D eigenvalue weighted by atomic mass is 16.2. The number of nitrogens with one attached hydrogen (secondary N) is 1. The Balaban J connectivity index is 3.74. The molecule has 0 aromatic heterocycles. The lowest BCUT2D eigenvalue weighted by atomic mass is 10.3. The first-order valence-corrected chi connectivity index (χ1v) is 6.25. The lowest BCUT2D eigenvalue weighted by molar-refractivity contribution is -0.131. The standard InChI is InChI=1S/C12H27N3O/c1-5-13-9-8-12(16)15(6-2)11-7-10-14(3)4/h13H,5-11H2,1-4H3. The van der Waals surface area contributed by atoms with E-state index < -0.39 is 0 Å². The Morgan fingerprint density at radius 3 is 2.38 bits per heavy atom. The van der Waals surface area contributed by atoms with Gasteiger partial charge < -0.3 is 15.1 Å². The molecule has 0 aromatic rings. The third-order valence-electron chi connectivity index (χ3n) is 2.53. The zero-order valence-electron chi connectivity index (χ0n) is 11.3. The minimum Gasteiger partial charge on any atom is -0.343 e. The summed E-state index contributed by atoms with van der Waals surface area (Å²) in [7, 11) is 4.12.